The van der Waals surface area contributed by atoms with Gasteiger partial charge in [-0.2, -0.15) is 0 Å². The maximum atomic E-state index is 4.50. The Kier molecular flexibility index (Phi) is 11.7. The van der Waals surface area contributed by atoms with Gasteiger partial charge in [-0.15, -0.1) is 11.8 Å². The molecule has 0 aromatic heterocycles. The van der Waals surface area contributed by atoms with E-state index in [4.69, 9.17) is 0 Å². The van der Waals surface area contributed by atoms with Crippen LogP contribution in [0.5, 0.6) is 0 Å². The van der Waals surface area contributed by atoms with Crippen molar-refractivity contribution in [3.05, 3.63) is 94.0 Å². The van der Waals surface area contributed by atoms with Gasteiger partial charge in [0.05, 0.1) is 0 Å². The van der Waals surface area contributed by atoms with Crippen molar-refractivity contribution in [2.24, 2.45) is 11.7 Å². The Morgan fingerprint density at radius 1 is 1.16 bits per heavy atom. The van der Waals surface area contributed by atoms with E-state index in [2.05, 4.69) is 97.0 Å². The number of rotatable bonds is 10. The zero-order valence-corrected chi connectivity index (χ0v) is 24.6. The number of thioether (sulfide) groups is 2. The zero-order valence-electron chi connectivity index (χ0n) is 23.0. The van der Waals surface area contributed by atoms with Crippen LogP contribution in [0.1, 0.15) is 46.2 Å². The molecule has 4 rings (SSSR count). The maximum absolute atomic E-state index is 4.50. The molecule has 0 radical (unpaired) electrons. The number of nitrogens with zero attached hydrogens (tertiary/aromatic N) is 1. The van der Waals surface area contributed by atoms with Crippen LogP contribution in [-0.2, 0) is 6.54 Å². The lowest BCUT2D eigenvalue weighted by atomic mass is 9.97. The first-order valence-electron chi connectivity index (χ1n) is 13.2. The summed E-state index contributed by atoms with van der Waals surface area (Å²) in [5, 5.41) is 9.52. The van der Waals surface area contributed by atoms with Crippen molar-refractivity contribution in [1.82, 2.24) is 15.5 Å². The molecular formula is C31H44N4S2. The molecule has 2 aliphatic rings. The highest BCUT2D eigenvalue weighted by Crippen LogP contribution is 2.34. The molecule has 1 fully saturated rings. The summed E-state index contributed by atoms with van der Waals surface area (Å²) in [6.07, 6.45) is 4.51. The Bertz CT molecular complexity index is 1090. The third-order valence-electron chi connectivity index (χ3n) is 7.02. The van der Waals surface area contributed by atoms with E-state index in [9.17, 15) is 0 Å². The molecular weight excluding hydrogens is 493 g/mol. The number of aryl methyl sites for hydroxylation is 3. The van der Waals surface area contributed by atoms with Crippen molar-refractivity contribution in [1.29, 1.82) is 0 Å². The number of benzene rings is 2. The van der Waals surface area contributed by atoms with Gasteiger partial charge in [0, 0.05) is 36.8 Å². The lowest BCUT2D eigenvalue weighted by Crippen LogP contribution is -2.39. The van der Waals surface area contributed by atoms with Crippen LogP contribution in [-0.4, -0.2) is 42.0 Å². The van der Waals surface area contributed by atoms with Gasteiger partial charge in [-0.25, -0.2) is 0 Å². The highest BCUT2D eigenvalue weighted by molar-refractivity contribution is 8.18. The highest BCUT2D eigenvalue weighted by Gasteiger charge is 2.21. The van der Waals surface area contributed by atoms with Gasteiger partial charge in [0.15, 0.2) is 0 Å². The molecule has 2 aliphatic heterocycles. The van der Waals surface area contributed by atoms with E-state index in [1.54, 1.807) is 0 Å². The van der Waals surface area contributed by atoms with Crippen LogP contribution in [0.4, 0.5) is 0 Å². The second-order valence-electron chi connectivity index (χ2n) is 9.88. The maximum Gasteiger partial charge on any atom is 0.124 e. The number of hydrogen-bond acceptors (Lipinski definition) is 6. The van der Waals surface area contributed by atoms with Gasteiger partial charge in [0.1, 0.15) is 4.71 Å². The SMILES string of the molecule is C=Cc1cc(C2=CSC(SCC(=C)NCC3CCCN(Cc4ccc(C)c(C)c4)C3)N2)ccc1C.CN. The summed E-state index contributed by atoms with van der Waals surface area (Å²) >= 11 is 3.74. The van der Waals surface area contributed by atoms with Crippen LogP contribution in [0.2, 0.25) is 0 Å². The molecule has 0 saturated carbocycles. The van der Waals surface area contributed by atoms with Crippen molar-refractivity contribution in [3.8, 4) is 0 Å². The Balaban J connectivity index is 0.00000186. The van der Waals surface area contributed by atoms with Gasteiger partial charge in [0.25, 0.3) is 0 Å². The molecule has 2 aromatic rings. The Morgan fingerprint density at radius 3 is 2.70 bits per heavy atom. The Morgan fingerprint density at radius 2 is 1.95 bits per heavy atom. The monoisotopic (exact) mass is 536 g/mol. The molecule has 6 heteroatoms. The minimum atomic E-state index is 0.320. The summed E-state index contributed by atoms with van der Waals surface area (Å²) in [6, 6.07) is 13.5. The van der Waals surface area contributed by atoms with Crippen LogP contribution >= 0.6 is 23.5 Å². The smallest absolute Gasteiger partial charge is 0.124 e. The van der Waals surface area contributed by atoms with E-state index in [1.165, 1.54) is 65.5 Å². The fraction of sp³-hybridized carbons (Fsp3) is 0.419. The van der Waals surface area contributed by atoms with E-state index in [0.717, 1.165) is 31.1 Å². The molecule has 0 aliphatic carbocycles. The van der Waals surface area contributed by atoms with Crippen LogP contribution in [0.25, 0.3) is 11.8 Å². The second-order valence-corrected chi connectivity index (χ2v) is 12.2. The van der Waals surface area contributed by atoms with Crippen molar-refractivity contribution >= 4 is 35.3 Å². The minimum absolute atomic E-state index is 0.320. The largest absolute Gasteiger partial charge is 0.388 e. The molecule has 4 nitrogen and oxygen atoms in total. The molecule has 0 bridgehead atoms. The molecule has 2 unspecified atom stereocenters. The molecule has 0 amide bonds. The van der Waals surface area contributed by atoms with Crippen LogP contribution < -0.4 is 16.4 Å². The fourth-order valence-electron chi connectivity index (χ4n) is 4.72. The third kappa shape index (κ3) is 8.71. The summed E-state index contributed by atoms with van der Waals surface area (Å²) in [5.41, 5.74) is 14.7. The highest BCUT2D eigenvalue weighted by atomic mass is 32.2. The number of nitrogens with two attached hydrogens (primary N) is 1. The van der Waals surface area contributed by atoms with E-state index in [-0.39, 0.29) is 0 Å². The summed E-state index contributed by atoms with van der Waals surface area (Å²) in [7, 11) is 1.50. The molecule has 0 spiro atoms. The minimum Gasteiger partial charge on any atom is -0.388 e. The van der Waals surface area contributed by atoms with E-state index in [0.29, 0.717) is 10.6 Å². The van der Waals surface area contributed by atoms with E-state index in [1.807, 2.05) is 29.6 Å². The molecule has 4 N–H and O–H groups in total. The summed E-state index contributed by atoms with van der Waals surface area (Å²) in [5.74, 6) is 1.60. The van der Waals surface area contributed by atoms with Gasteiger partial charge < -0.3 is 16.4 Å². The van der Waals surface area contributed by atoms with Crippen molar-refractivity contribution in [2.75, 3.05) is 32.4 Å². The Labute approximate surface area is 233 Å². The van der Waals surface area contributed by atoms with Gasteiger partial charge in [-0.05, 0) is 98.0 Å². The number of hydrogen-bond donors (Lipinski definition) is 3. The molecule has 2 heterocycles. The third-order valence-corrected chi connectivity index (χ3v) is 9.44. The fourth-order valence-corrected chi connectivity index (χ4v) is 6.73. The van der Waals surface area contributed by atoms with E-state index < -0.39 is 0 Å². The first kappa shape index (κ1) is 29.4. The molecule has 200 valence electrons. The lowest BCUT2D eigenvalue weighted by molar-refractivity contribution is 0.167. The lowest BCUT2D eigenvalue weighted by Gasteiger charge is -2.33. The summed E-state index contributed by atoms with van der Waals surface area (Å²) < 4.78 is 0.320. The first-order valence-corrected chi connectivity index (χ1v) is 15.2. The molecule has 1 saturated heterocycles. The van der Waals surface area contributed by atoms with Crippen LogP contribution in [0, 0.1) is 26.7 Å². The van der Waals surface area contributed by atoms with Gasteiger partial charge >= 0.3 is 0 Å². The van der Waals surface area contributed by atoms with Crippen molar-refractivity contribution in [2.45, 2.75) is 44.9 Å². The first-order chi connectivity index (χ1) is 17.9. The van der Waals surface area contributed by atoms with Gasteiger partial charge in [-0.3, -0.25) is 4.90 Å². The predicted octanol–water partition coefficient (Wildman–Crippen LogP) is 6.50. The molecule has 2 atom stereocenters. The predicted molar refractivity (Wildman–Crippen MR) is 167 cm³/mol. The summed E-state index contributed by atoms with van der Waals surface area (Å²) in [4.78, 5) is 2.62. The summed E-state index contributed by atoms with van der Waals surface area (Å²) in [6.45, 7) is 19.2. The standard InChI is InChI=1S/C30H39N3S2.CH5N/c1-6-27-15-28(12-10-22(27)3)29-20-35-30(32-29)34-19-24(5)31-16-26-8-7-13-33(18-26)17-25-11-9-21(2)23(4)14-25;1-2/h6,9-12,14-15,20,26,30-32H,1,5,7-8,13,16-19H2,2-4H3;2H2,1H3. The average Bonchev–Trinajstić information content (AvgIpc) is 3.39. The second kappa shape index (κ2) is 14.7. The van der Waals surface area contributed by atoms with Crippen molar-refractivity contribution < 1.29 is 0 Å². The van der Waals surface area contributed by atoms with Gasteiger partial charge in [-0.1, -0.05) is 61.3 Å². The molecule has 2 aromatic carbocycles. The topological polar surface area (TPSA) is 53.3 Å². The zero-order chi connectivity index (χ0) is 26.8. The normalized spacial score (nSPS) is 19.3. The number of nitrogens with one attached hydrogen (secondary N) is 2. The molecule has 37 heavy (non-hydrogen) atoms. The van der Waals surface area contributed by atoms with Crippen molar-refractivity contribution in [3.63, 3.8) is 0 Å². The van der Waals surface area contributed by atoms with Gasteiger partial charge in [0.2, 0.25) is 0 Å². The number of likely N-dealkylation sites (tertiary alicyclic amines) is 1. The van der Waals surface area contributed by atoms with E-state index >= 15 is 0 Å². The Hall–Kier alpha value is -2.12. The quantitative estimate of drug-likeness (QED) is 0.322. The van der Waals surface area contributed by atoms with Crippen LogP contribution in [0.3, 0.4) is 0 Å². The average molecular weight is 537 g/mol. The van der Waals surface area contributed by atoms with Crippen LogP contribution in [0.15, 0.2) is 60.7 Å². The number of piperidine rings is 1.